The van der Waals surface area contributed by atoms with Gasteiger partial charge in [0.2, 0.25) is 5.43 Å². The van der Waals surface area contributed by atoms with E-state index in [9.17, 15) is 14.0 Å². The van der Waals surface area contributed by atoms with Crippen LogP contribution < -0.4 is 10.7 Å². The Morgan fingerprint density at radius 1 is 1.19 bits per heavy atom. The van der Waals surface area contributed by atoms with E-state index >= 15 is 0 Å². The van der Waals surface area contributed by atoms with Crippen molar-refractivity contribution < 1.29 is 9.18 Å². The Balaban J connectivity index is 1.65. The van der Waals surface area contributed by atoms with Crippen LogP contribution >= 0.6 is 0 Å². The number of hydrogen-bond acceptors (Lipinski definition) is 4. The summed E-state index contributed by atoms with van der Waals surface area (Å²) in [6.45, 7) is 4.91. The summed E-state index contributed by atoms with van der Waals surface area (Å²) in [6.07, 6.45) is 1.85. The predicted octanol–water partition coefficient (Wildman–Crippen LogP) is 1.75. The van der Waals surface area contributed by atoms with Gasteiger partial charge in [0.05, 0.1) is 0 Å². The first kappa shape index (κ1) is 17.9. The highest BCUT2D eigenvalue weighted by Gasteiger charge is 2.32. The molecule has 2 fully saturated rings. The molecule has 3 heterocycles. The molecule has 27 heavy (non-hydrogen) atoms. The van der Waals surface area contributed by atoms with E-state index in [1.165, 1.54) is 16.8 Å². The van der Waals surface area contributed by atoms with Crippen molar-refractivity contribution in [1.29, 1.82) is 0 Å². The van der Waals surface area contributed by atoms with Gasteiger partial charge in [-0.2, -0.15) is 5.10 Å². The van der Waals surface area contributed by atoms with Crippen LogP contribution in [0.4, 0.5) is 4.39 Å². The number of para-hydroxylation sites is 1. The van der Waals surface area contributed by atoms with Crippen molar-refractivity contribution in [3.05, 3.63) is 57.8 Å². The van der Waals surface area contributed by atoms with E-state index < -0.39 is 11.2 Å². The van der Waals surface area contributed by atoms with E-state index in [2.05, 4.69) is 10.4 Å². The Morgan fingerprint density at radius 2 is 1.85 bits per heavy atom. The summed E-state index contributed by atoms with van der Waals surface area (Å²) >= 11 is 0. The summed E-state index contributed by atoms with van der Waals surface area (Å²) in [5.74, 6) is 0.357. The first-order chi connectivity index (χ1) is 13.0. The lowest BCUT2D eigenvalue weighted by molar-refractivity contribution is 0.0749. The number of amides is 1. The van der Waals surface area contributed by atoms with Gasteiger partial charge >= 0.3 is 0 Å². The molecule has 0 bridgehead atoms. The van der Waals surface area contributed by atoms with E-state index in [4.69, 9.17) is 0 Å². The molecular weight excluding hydrogens is 347 g/mol. The van der Waals surface area contributed by atoms with E-state index in [0.717, 1.165) is 25.9 Å². The lowest BCUT2D eigenvalue weighted by Crippen LogP contribution is -2.37. The fourth-order valence-electron chi connectivity index (χ4n) is 4.13. The van der Waals surface area contributed by atoms with Gasteiger partial charge in [-0.05, 0) is 56.8 Å². The fourth-order valence-corrected chi connectivity index (χ4v) is 4.13. The van der Waals surface area contributed by atoms with Gasteiger partial charge in [-0.3, -0.25) is 9.59 Å². The third kappa shape index (κ3) is 3.39. The van der Waals surface area contributed by atoms with Gasteiger partial charge in [-0.1, -0.05) is 12.1 Å². The number of hydrogen-bond donors (Lipinski definition) is 1. The maximum absolute atomic E-state index is 14.2. The van der Waals surface area contributed by atoms with Crippen molar-refractivity contribution >= 4 is 5.91 Å². The van der Waals surface area contributed by atoms with Crippen molar-refractivity contribution in [2.24, 2.45) is 11.8 Å². The predicted molar refractivity (Wildman–Crippen MR) is 99.5 cm³/mol. The Kier molecular flexibility index (Phi) is 4.78. The standard InChI is InChI=1S/C20H23FN4O2/c1-13-10-18(26)19(23-25(13)17-5-3-2-4-16(17)21)20(27)24-8-6-14-11-22-12-15(14)7-9-24/h2-5,10,14-15,22H,6-9,11-12H2,1H3/t14-,15+. The van der Waals surface area contributed by atoms with Crippen LogP contribution in [0.3, 0.4) is 0 Å². The van der Waals surface area contributed by atoms with E-state index in [-0.39, 0.29) is 17.3 Å². The van der Waals surface area contributed by atoms with Gasteiger partial charge in [-0.25, -0.2) is 9.07 Å². The molecule has 4 rings (SSSR count). The molecule has 2 aliphatic heterocycles. The summed E-state index contributed by atoms with van der Waals surface area (Å²) in [6, 6.07) is 7.54. The number of carbonyl (C=O) groups is 1. The number of nitrogens with one attached hydrogen (secondary N) is 1. The normalized spacial score (nSPS) is 22.4. The number of likely N-dealkylation sites (tertiary alicyclic amines) is 1. The van der Waals surface area contributed by atoms with E-state index in [1.807, 2.05) is 0 Å². The molecule has 2 saturated heterocycles. The largest absolute Gasteiger partial charge is 0.337 e. The van der Waals surface area contributed by atoms with E-state index in [0.29, 0.717) is 30.6 Å². The monoisotopic (exact) mass is 370 g/mol. The molecular formula is C20H23FN4O2. The Bertz CT molecular complexity index is 912. The molecule has 1 aromatic heterocycles. The quantitative estimate of drug-likeness (QED) is 0.875. The van der Waals surface area contributed by atoms with Crippen molar-refractivity contribution in [1.82, 2.24) is 20.0 Å². The van der Waals surface area contributed by atoms with Crippen molar-refractivity contribution in [2.45, 2.75) is 19.8 Å². The molecule has 2 aliphatic rings. The summed E-state index contributed by atoms with van der Waals surface area (Å²) in [5, 5.41) is 7.65. The number of nitrogens with zero attached hydrogens (tertiary/aromatic N) is 3. The van der Waals surface area contributed by atoms with Crippen LogP contribution in [0.5, 0.6) is 0 Å². The van der Waals surface area contributed by atoms with E-state index in [1.54, 1.807) is 30.0 Å². The highest BCUT2D eigenvalue weighted by atomic mass is 19.1. The molecule has 7 heteroatoms. The van der Waals surface area contributed by atoms with Crippen molar-refractivity contribution in [2.75, 3.05) is 26.2 Å². The zero-order valence-corrected chi connectivity index (χ0v) is 15.3. The van der Waals surface area contributed by atoms with Gasteiger partial charge < -0.3 is 10.2 Å². The first-order valence-electron chi connectivity index (χ1n) is 9.40. The van der Waals surface area contributed by atoms with Gasteiger partial charge in [-0.15, -0.1) is 0 Å². The lowest BCUT2D eigenvalue weighted by Gasteiger charge is -2.21. The van der Waals surface area contributed by atoms with Crippen LogP contribution in [0.25, 0.3) is 5.69 Å². The van der Waals surface area contributed by atoms with Crippen molar-refractivity contribution in [3.8, 4) is 5.69 Å². The second kappa shape index (κ2) is 7.23. The maximum atomic E-state index is 14.2. The van der Waals surface area contributed by atoms with Gasteiger partial charge in [0, 0.05) is 24.8 Å². The van der Waals surface area contributed by atoms with Gasteiger partial charge in [0.15, 0.2) is 5.69 Å². The minimum absolute atomic E-state index is 0.144. The summed E-state index contributed by atoms with van der Waals surface area (Å²) in [5.41, 5.74) is 0.142. The molecule has 0 spiro atoms. The molecule has 2 atom stereocenters. The SMILES string of the molecule is Cc1cc(=O)c(C(=O)N2CC[C@@H]3CNC[C@@H]3CC2)nn1-c1ccccc1F. The summed E-state index contributed by atoms with van der Waals surface area (Å²) in [7, 11) is 0. The van der Waals surface area contributed by atoms with Gasteiger partial charge in [0.1, 0.15) is 11.5 Å². The highest BCUT2D eigenvalue weighted by Crippen LogP contribution is 2.27. The summed E-state index contributed by atoms with van der Waals surface area (Å²) in [4.78, 5) is 27.2. The molecule has 0 unspecified atom stereocenters. The van der Waals surface area contributed by atoms with Crippen molar-refractivity contribution in [3.63, 3.8) is 0 Å². The molecule has 142 valence electrons. The smallest absolute Gasteiger partial charge is 0.278 e. The number of fused-ring (bicyclic) bond motifs is 1. The molecule has 2 aromatic rings. The molecule has 0 aliphatic carbocycles. The molecule has 1 aromatic carbocycles. The third-order valence-corrected chi connectivity index (χ3v) is 5.70. The molecule has 1 amide bonds. The molecule has 1 N–H and O–H groups in total. The van der Waals surface area contributed by atoms with Crippen LogP contribution in [0.1, 0.15) is 29.0 Å². The minimum atomic E-state index is -0.453. The second-order valence-corrected chi connectivity index (χ2v) is 7.41. The lowest BCUT2D eigenvalue weighted by atomic mass is 9.92. The number of halogens is 1. The van der Waals surface area contributed by atoms with Crippen LogP contribution in [-0.4, -0.2) is 46.8 Å². The zero-order chi connectivity index (χ0) is 19.0. The van der Waals surface area contributed by atoms with Crippen LogP contribution in [0.15, 0.2) is 35.1 Å². The molecule has 0 radical (unpaired) electrons. The number of carbonyl (C=O) groups excluding carboxylic acids is 1. The Morgan fingerprint density at radius 3 is 2.52 bits per heavy atom. The van der Waals surface area contributed by atoms with Crippen LogP contribution in [0, 0.1) is 24.6 Å². The second-order valence-electron chi connectivity index (χ2n) is 7.41. The third-order valence-electron chi connectivity index (χ3n) is 5.70. The van der Waals surface area contributed by atoms with Gasteiger partial charge in [0.25, 0.3) is 5.91 Å². The topological polar surface area (TPSA) is 67.2 Å². The van der Waals surface area contributed by atoms with Crippen LogP contribution in [-0.2, 0) is 0 Å². The number of aryl methyl sites for hydroxylation is 1. The average molecular weight is 370 g/mol. The fraction of sp³-hybridized carbons (Fsp3) is 0.450. The highest BCUT2D eigenvalue weighted by molar-refractivity contribution is 5.92. The summed E-state index contributed by atoms with van der Waals surface area (Å²) < 4.78 is 15.5. The molecule has 0 saturated carbocycles. The number of rotatable bonds is 2. The zero-order valence-electron chi connectivity index (χ0n) is 15.3. The van der Waals surface area contributed by atoms with Crippen LogP contribution in [0.2, 0.25) is 0 Å². The molecule has 6 nitrogen and oxygen atoms in total. The Labute approximate surface area is 157 Å². The maximum Gasteiger partial charge on any atom is 0.278 e. The Hall–Kier alpha value is -2.54. The number of benzene rings is 1. The average Bonchev–Trinajstić information content (AvgIpc) is 3.00. The first-order valence-corrected chi connectivity index (χ1v) is 9.40. The number of aromatic nitrogens is 2. The minimum Gasteiger partial charge on any atom is -0.337 e.